The highest BCUT2D eigenvalue weighted by Crippen LogP contribution is 2.22. The van der Waals surface area contributed by atoms with Crippen molar-refractivity contribution in [2.75, 3.05) is 0 Å². The Bertz CT molecular complexity index is 424. The summed E-state index contributed by atoms with van der Waals surface area (Å²) in [4.78, 5) is 12.1. The lowest BCUT2D eigenvalue weighted by molar-refractivity contribution is 0.0950. The van der Waals surface area contributed by atoms with Crippen LogP contribution in [0, 0.1) is 0 Å². The summed E-state index contributed by atoms with van der Waals surface area (Å²) in [6, 6.07) is 0.394. The van der Waals surface area contributed by atoms with Gasteiger partial charge in [-0.3, -0.25) is 9.48 Å². The molecule has 0 unspecified atom stereocenters. The molecule has 1 fully saturated rings. The zero-order valence-electron chi connectivity index (χ0n) is 11.1. The minimum atomic E-state index is -0.0799. The second-order valence-electron chi connectivity index (χ2n) is 5.69. The molecule has 94 valence electrons. The molecule has 0 radical (unpaired) electrons. The third-order valence-corrected chi connectivity index (χ3v) is 3.00. The third kappa shape index (κ3) is 2.51. The first-order valence-electron chi connectivity index (χ1n) is 6.31. The van der Waals surface area contributed by atoms with Crippen LogP contribution in [-0.4, -0.2) is 21.7 Å². The molecule has 1 heterocycles. The number of hydrogen-bond donors (Lipinski definition) is 1. The second-order valence-corrected chi connectivity index (χ2v) is 5.69. The molecule has 0 atom stereocenters. The fourth-order valence-electron chi connectivity index (χ4n) is 1.97. The van der Waals surface area contributed by atoms with Crippen LogP contribution in [0.15, 0.2) is 6.20 Å². The number of hydrogen-bond acceptors (Lipinski definition) is 2. The first-order valence-corrected chi connectivity index (χ1v) is 6.31. The Balaban J connectivity index is 2.27. The Labute approximate surface area is 102 Å². The summed E-state index contributed by atoms with van der Waals surface area (Å²) in [7, 11) is 0. The smallest absolute Gasteiger partial charge is 0.254 e. The van der Waals surface area contributed by atoms with Gasteiger partial charge in [-0.2, -0.15) is 5.10 Å². The van der Waals surface area contributed by atoms with Crippen molar-refractivity contribution in [2.45, 2.75) is 58.5 Å². The number of amides is 1. The normalized spacial score (nSPS) is 16.0. The third-order valence-electron chi connectivity index (χ3n) is 3.00. The molecule has 0 bridgehead atoms. The van der Waals surface area contributed by atoms with Crippen LogP contribution in [0.3, 0.4) is 0 Å². The minimum absolute atomic E-state index is 0.0276. The van der Waals surface area contributed by atoms with E-state index in [-0.39, 0.29) is 11.4 Å². The van der Waals surface area contributed by atoms with E-state index in [9.17, 15) is 4.79 Å². The summed E-state index contributed by atoms with van der Waals surface area (Å²) in [5, 5.41) is 7.38. The molecule has 1 aliphatic carbocycles. The van der Waals surface area contributed by atoms with E-state index in [1.807, 2.05) is 4.68 Å². The Morgan fingerprint density at radius 2 is 2.18 bits per heavy atom. The number of nitrogens with one attached hydrogen (secondary N) is 1. The average Bonchev–Trinajstić information content (AvgIpc) is 2.92. The van der Waals surface area contributed by atoms with Gasteiger partial charge in [0.15, 0.2) is 0 Å². The van der Waals surface area contributed by atoms with Crippen molar-refractivity contribution in [3.8, 4) is 0 Å². The standard InChI is InChI=1S/C13H21N3O/c1-5-11-10(12(17)15-9-6-7-9)8-14-16(11)13(2,3)4/h8-9H,5-7H2,1-4H3,(H,15,17). The van der Waals surface area contributed by atoms with Gasteiger partial charge >= 0.3 is 0 Å². The van der Waals surface area contributed by atoms with Crippen molar-refractivity contribution >= 4 is 5.91 Å². The lowest BCUT2D eigenvalue weighted by atomic mass is 10.1. The summed E-state index contributed by atoms with van der Waals surface area (Å²) < 4.78 is 1.95. The summed E-state index contributed by atoms with van der Waals surface area (Å²) in [6.07, 6.45) is 4.74. The molecule has 1 aliphatic rings. The zero-order chi connectivity index (χ0) is 12.6. The SMILES string of the molecule is CCc1c(C(=O)NC2CC2)cnn1C(C)(C)C. The highest BCUT2D eigenvalue weighted by molar-refractivity contribution is 5.95. The van der Waals surface area contributed by atoms with Crippen molar-refractivity contribution in [2.24, 2.45) is 0 Å². The van der Waals surface area contributed by atoms with Gasteiger partial charge in [0.1, 0.15) is 0 Å². The maximum Gasteiger partial charge on any atom is 0.254 e. The predicted octanol–water partition coefficient (Wildman–Crippen LogP) is 2.09. The van der Waals surface area contributed by atoms with Crippen molar-refractivity contribution in [1.82, 2.24) is 15.1 Å². The monoisotopic (exact) mass is 235 g/mol. The second kappa shape index (κ2) is 4.17. The van der Waals surface area contributed by atoms with E-state index in [0.717, 1.165) is 30.5 Å². The van der Waals surface area contributed by atoms with Gasteiger partial charge in [-0.1, -0.05) is 6.92 Å². The first kappa shape index (κ1) is 12.1. The van der Waals surface area contributed by atoms with Crippen molar-refractivity contribution < 1.29 is 4.79 Å². The fraction of sp³-hybridized carbons (Fsp3) is 0.692. The highest BCUT2D eigenvalue weighted by atomic mass is 16.1. The molecule has 0 saturated heterocycles. The summed E-state index contributed by atoms with van der Waals surface area (Å²) in [5.41, 5.74) is 1.67. The van der Waals surface area contributed by atoms with E-state index >= 15 is 0 Å². The van der Waals surface area contributed by atoms with Crippen LogP contribution in [0.1, 0.15) is 56.6 Å². The summed E-state index contributed by atoms with van der Waals surface area (Å²) >= 11 is 0. The summed E-state index contributed by atoms with van der Waals surface area (Å²) in [6.45, 7) is 8.36. The topological polar surface area (TPSA) is 46.9 Å². The summed E-state index contributed by atoms with van der Waals surface area (Å²) in [5.74, 6) is 0.0276. The van der Waals surface area contributed by atoms with Crippen molar-refractivity contribution in [3.05, 3.63) is 17.5 Å². The van der Waals surface area contributed by atoms with Gasteiger partial charge in [0.25, 0.3) is 5.91 Å². The molecule has 1 aromatic rings. The Kier molecular flexibility index (Phi) is 2.98. The van der Waals surface area contributed by atoms with Gasteiger partial charge in [0.2, 0.25) is 0 Å². The minimum Gasteiger partial charge on any atom is -0.349 e. The van der Waals surface area contributed by atoms with Crippen LogP contribution in [0.2, 0.25) is 0 Å². The number of rotatable bonds is 3. The van der Waals surface area contributed by atoms with Gasteiger partial charge in [-0.25, -0.2) is 0 Å². The molecule has 1 aromatic heterocycles. The molecule has 17 heavy (non-hydrogen) atoms. The largest absolute Gasteiger partial charge is 0.349 e. The van der Waals surface area contributed by atoms with Crippen LogP contribution < -0.4 is 5.32 Å². The van der Waals surface area contributed by atoms with E-state index < -0.39 is 0 Å². The molecule has 1 saturated carbocycles. The van der Waals surface area contributed by atoms with Gasteiger partial charge in [0, 0.05) is 6.04 Å². The molecule has 1 N–H and O–H groups in total. The predicted molar refractivity (Wildman–Crippen MR) is 67.1 cm³/mol. The molecule has 0 aromatic carbocycles. The molecular formula is C13H21N3O. The van der Waals surface area contributed by atoms with Crippen LogP contribution in [0.4, 0.5) is 0 Å². The number of aromatic nitrogens is 2. The highest BCUT2D eigenvalue weighted by Gasteiger charge is 2.27. The lowest BCUT2D eigenvalue weighted by Crippen LogP contribution is -2.28. The zero-order valence-corrected chi connectivity index (χ0v) is 11.1. The molecular weight excluding hydrogens is 214 g/mol. The van der Waals surface area contributed by atoms with Crippen molar-refractivity contribution in [1.29, 1.82) is 0 Å². The Morgan fingerprint density at radius 3 is 2.65 bits per heavy atom. The number of carbonyl (C=O) groups excluding carboxylic acids is 1. The molecule has 4 nitrogen and oxygen atoms in total. The average molecular weight is 235 g/mol. The molecule has 2 rings (SSSR count). The molecule has 0 aliphatic heterocycles. The Morgan fingerprint density at radius 1 is 1.53 bits per heavy atom. The quantitative estimate of drug-likeness (QED) is 0.872. The fourth-order valence-corrected chi connectivity index (χ4v) is 1.97. The van der Waals surface area contributed by atoms with Crippen LogP contribution >= 0.6 is 0 Å². The van der Waals surface area contributed by atoms with E-state index in [2.05, 4.69) is 38.1 Å². The number of carbonyl (C=O) groups is 1. The van der Waals surface area contributed by atoms with E-state index in [1.54, 1.807) is 6.20 Å². The van der Waals surface area contributed by atoms with Gasteiger partial charge < -0.3 is 5.32 Å². The van der Waals surface area contributed by atoms with Crippen LogP contribution in [0.5, 0.6) is 0 Å². The maximum atomic E-state index is 12.1. The molecule has 1 amide bonds. The van der Waals surface area contributed by atoms with Gasteiger partial charge in [0.05, 0.1) is 23.0 Å². The van der Waals surface area contributed by atoms with E-state index in [0.29, 0.717) is 6.04 Å². The van der Waals surface area contributed by atoms with Crippen LogP contribution in [-0.2, 0) is 12.0 Å². The van der Waals surface area contributed by atoms with Crippen molar-refractivity contribution in [3.63, 3.8) is 0 Å². The molecule has 0 spiro atoms. The van der Waals surface area contributed by atoms with E-state index in [4.69, 9.17) is 0 Å². The first-order chi connectivity index (χ1) is 7.93. The van der Waals surface area contributed by atoms with Gasteiger partial charge in [-0.05, 0) is 40.0 Å². The Hall–Kier alpha value is -1.32. The van der Waals surface area contributed by atoms with Crippen LogP contribution in [0.25, 0.3) is 0 Å². The lowest BCUT2D eigenvalue weighted by Gasteiger charge is -2.22. The molecule has 4 heteroatoms. The van der Waals surface area contributed by atoms with Gasteiger partial charge in [-0.15, -0.1) is 0 Å². The maximum absolute atomic E-state index is 12.1. The number of nitrogens with zero attached hydrogens (tertiary/aromatic N) is 2. The van der Waals surface area contributed by atoms with E-state index in [1.165, 1.54) is 0 Å².